The Labute approximate surface area is 92.8 Å². The van der Waals surface area contributed by atoms with Gasteiger partial charge in [0.25, 0.3) is 0 Å². The number of anilines is 1. The molecule has 0 amide bonds. The SMILES string of the molecule is Nc1cc(CCc2ccc(Cl)cc2)on1. The van der Waals surface area contributed by atoms with E-state index in [2.05, 4.69) is 5.16 Å². The Morgan fingerprint density at radius 3 is 2.53 bits per heavy atom. The smallest absolute Gasteiger partial charge is 0.167 e. The maximum Gasteiger partial charge on any atom is 0.167 e. The molecule has 2 rings (SSSR count). The summed E-state index contributed by atoms with van der Waals surface area (Å²) in [6.45, 7) is 0. The number of nitrogen functional groups attached to an aromatic ring is 1. The van der Waals surface area contributed by atoms with Gasteiger partial charge in [-0.15, -0.1) is 0 Å². The van der Waals surface area contributed by atoms with Crippen LogP contribution in [0, 0.1) is 0 Å². The molecule has 1 heterocycles. The molecule has 0 aliphatic heterocycles. The molecule has 0 saturated carbocycles. The van der Waals surface area contributed by atoms with Gasteiger partial charge in [-0.25, -0.2) is 0 Å². The van der Waals surface area contributed by atoms with E-state index in [0.717, 1.165) is 23.6 Å². The molecule has 0 atom stereocenters. The first-order valence-corrected chi connectivity index (χ1v) is 5.07. The normalized spacial score (nSPS) is 10.5. The number of aryl methyl sites for hydroxylation is 2. The molecular formula is C11H11ClN2O. The average Bonchev–Trinajstić information content (AvgIpc) is 2.64. The van der Waals surface area contributed by atoms with Crippen LogP contribution in [0.2, 0.25) is 5.02 Å². The third-order valence-electron chi connectivity index (χ3n) is 2.15. The Hall–Kier alpha value is -1.48. The van der Waals surface area contributed by atoms with Gasteiger partial charge in [-0.3, -0.25) is 0 Å². The van der Waals surface area contributed by atoms with Crippen molar-refractivity contribution in [2.45, 2.75) is 12.8 Å². The molecule has 2 N–H and O–H groups in total. The molecule has 78 valence electrons. The van der Waals surface area contributed by atoms with Crippen molar-refractivity contribution in [1.29, 1.82) is 0 Å². The summed E-state index contributed by atoms with van der Waals surface area (Å²) in [4.78, 5) is 0. The van der Waals surface area contributed by atoms with Gasteiger partial charge in [-0.05, 0) is 24.1 Å². The van der Waals surface area contributed by atoms with Crippen molar-refractivity contribution in [3.8, 4) is 0 Å². The highest BCUT2D eigenvalue weighted by Crippen LogP contribution is 2.13. The highest BCUT2D eigenvalue weighted by atomic mass is 35.5. The number of nitrogens with zero attached hydrogens (tertiary/aromatic N) is 1. The van der Waals surface area contributed by atoms with E-state index in [9.17, 15) is 0 Å². The van der Waals surface area contributed by atoms with Crippen LogP contribution in [-0.4, -0.2) is 5.16 Å². The Morgan fingerprint density at radius 2 is 1.93 bits per heavy atom. The lowest BCUT2D eigenvalue weighted by Crippen LogP contribution is -1.89. The van der Waals surface area contributed by atoms with Crippen LogP contribution in [0.5, 0.6) is 0 Å². The summed E-state index contributed by atoms with van der Waals surface area (Å²) < 4.78 is 5.01. The van der Waals surface area contributed by atoms with Crippen LogP contribution in [0.4, 0.5) is 5.82 Å². The molecular weight excluding hydrogens is 212 g/mol. The van der Waals surface area contributed by atoms with E-state index >= 15 is 0 Å². The first-order chi connectivity index (χ1) is 7.24. The van der Waals surface area contributed by atoms with Crippen molar-refractivity contribution in [3.63, 3.8) is 0 Å². The molecule has 4 heteroatoms. The van der Waals surface area contributed by atoms with Gasteiger partial charge < -0.3 is 10.3 Å². The van der Waals surface area contributed by atoms with E-state index < -0.39 is 0 Å². The second kappa shape index (κ2) is 4.36. The highest BCUT2D eigenvalue weighted by Gasteiger charge is 2.01. The molecule has 15 heavy (non-hydrogen) atoms. The second-order valence-corrected chi connectivity index (χ2v) is 3.78. The molecule has 0 unspecified atom stereocenters. The van der Waals surface area contributed by atoms with Gasteiger partial charge >= 0.3 is 0 Å². The fourth-order valence-corrected chi connectivity index (χ4v) is 1.49. The lowest BCUT2D eigenvalue weighted by molar-refractivity contribution is 0.386. The van der Waals surface area contributed by atoms with Crippen molar-refractivity contribution < 1.29 is 4.52 Å². The molecule has 0 saturated heterocycles. The maximum atomic E-state index is 5.79. The molecule has 0 aliphatic rings. The van der Waals surface area contributed by atoms with Gasteiger partial charge in [0.1, 0.15) is 5.76 Å². The minimum atomic E-state index is 0.432. The largest absolute Gasteiger partial charge is 0.381 e. The number of rotatable bonds is 3. The van der Waals surface area contributed by atoms with E-state index in [0.29, 0.717) is 5.82 Å². The first kappa shape index (κ1) is 10.1. The average molecular weight is 223 g/mol. The van der Waals surface area contributed by atoms with Crippen LogP contribution in [0.1, 0.15) is 11.3 Å². The van der Waals surface area contributed by atoms with E-state index in [1.807, 2.05) is 24.3 Å². The third-order valence-corrected chi connectivity index (χ3v) is 2.40. The topological polar surface area (TPSA) is 52.0 Å². The molecule has 1 aromatic heterocycles. The van der Waals surface area contributed by atoms with Gasteiger partial charge in [-0.1, -0.05) is 28.9 Å². The predicted molar refractivity (Wildman–Crippen MR) is 59.8 cm³/mol. The maximum absolute atomic E-state index is 5.79. The third kappa shape index (κ3) is 2.73. The first-order valence-electron chi connectivity index (χ1n) is 4.69. The highest BCUT2D eigenvalue weighted by molar-refractivity contribution is 6.30. The van der Waals surface area contributed by atoms with Crippen LogP contribution >= 0.6 is 11.6 Å². The monoisotopic (exact) mass is 222 g/mol. The van der Waals surface area contributed by atoms with Crippen molar-refractivity contribution in [3.05, 3.63) is 46.7 Å². The van der Waals surface area contributed by atoms with Gasteiger partial charge in [0.15, 0.2) is 5.82 Å². The molecule has 1 aromatic carbocycles. The number of hydrogen-bond acceptors (Lipinski definition) is 3. The zero-order chi connectivity index (χ0) is 10.7. The minimum Gasteiger partial charge on any atom is -0.381 e. The fourth-order valence-electron chi connectivity index (χ4n) is 1.37. The zero-order valence-corrected chi connectivity index (χ0v) is 8.87. The van der Waals surface area contributed by atoms with Crippen molar-refractivity contribution >= 4 is 17.4 Å². The van der Waals surface area contributed by atoms with Crippen LogP contribution in [0.25, 0.3) is 0 Å². The molecule has 0 radical (unpaired) electrons. The molecule has 0 bridgehead atoms. The minimum absolute atomic E-state index is 0.432. The molecule has 0 fully saturated rings. The summed E-state index contributed by atoms with van der Waals surface area (Å²) >= 11 is 5.79. The lowest BCUT2D eigenvalue weighted by atomic mass is 10.1. The number of aromatic nitrogens is 1. The van der Waals surface area contributed by atoms with Crippen molar-refractivity contribution in [2.24, 2.45) is 0 Å². The summed E-state index contributed by atoms with van der Waals surface area (Å²) in [6.07, 6.45) is 1.69. The quantitative estimate of drug-likeness (QED) is 0.869. The van der Waals surface area contributed by atoms with Crippen molar-refractivity contribution in [1.82, 2.24) is 5.16 Å². The number of nitrogens with two attached hydrogens (primary N) is 1. The summed E-state index contributed by atoms with van der Waals surface area (Å²) in [6, 6.07) is 9.51. The summed E-state index contributed by atoms with van der Waals surface area (Å²) in [5, 5.41) is 4.38. The molecule has 2 aromatic rings. The number of benzene rings is 1. The van der Waals surface area contributed by atoms with Crippen molar-refractivity contribution in [2.75, 3.05) is 5.73 Å². The van der Waals surface area contributed by atoms with Gasteiger partial charge in [0.2, 0.25) is 0 Å². The predicted octanol–water partition coefficient (Wildman–Crippen LogP) is 2.70. The Morgan fingerprint density at radius 1 is 1.20 bits per heavy atom. The standard InChI is InChI=1S/C11H11ClN2O/c12-9-4-1-8(2-5-9)3-6-10-7-11(13)14-15-10/h1-2,4-5,7H,3,6H2,(H2,13,14). The molecule has 0 spiro atoms. The lowest BCUT2D eigenvalue weighted by Gasteiger charge is -1.98. The summed E-state index contributed by atoms with van der Waals surface area (Å²) in [5.74, 6) is 1.24. The van der Waals surface area contributed by atoms with Crippen LogP contribution in [0.3, 0.4) is 0 Å². The molecule has 0 aliphatic carbocycles. The van der Waals surface area contributed by atoms with Gasteiger partial charge in [-0.2, -0.15) is 0 Å². The van der Waals surface area contributed by atoms with Crippen LogP contribution in [-0.2, 0) is 12.8 Å². The molecule has 3 nitrogen and oxygen atoms in total. The Balaban J connectivity index is 1.96. The number of halogens is 1. The van der Waals surface area contributed by atoms with E-state index in [1.165, 1.54) is 5.56 Å². The zero-order valence-electron chi connectivity index (χ0n) is 8.11. The van der Waals surface area contributed by atoms with Crippen LogP contribution < -0.4 is 5.73 Å². The fraction of sp³-hybridized carbons (Fsp3) is 0.182. The van der Waals surface area contributed by atoms with E-state index in [1.54, 1.807) is 6.07 Å². The summed E-state index contributed by atoms with van der Waals surface area (Å²) in [7, 11) is 0. The van der Waals surface area contributed by atoms with Gasteiger partial charge in [0, 0.05) is 17.5 Å². The second-order valence-electron chi connectivity index (χ2n) is 3.34. The Kier molecular flexibility index (Phi) is 2.92. The van der Waals surface area contributed by atoms with E-state index in [-0.39, 0.29) is 0 Å². The van der Waals surface area contributed by atoms with Gasteiger partial charge in [0.05, 0.1) is 0 Å². The number of hydrogen-bond donors (Lipinski definition) is 1. The summed E-state index contributed by atoms with van der Waals surface area (Å²) in [5.41, 5.74) is 6.66. The Bertz CT molecular complexity index is 436. The van der Waals surface area contributed by atoms with Crippen LogP contribution in [0.15, 0.2) is 34.9 Å². The van der Waals surface area contributed by atoms with E-state index in [4.69, 9.17) is 21.9 Å².